The number of nitrogens with one attached hydrogen (secondary N) is 1. The molecule has 1 heterocycles. The van der Waals surface area contributed by atoms with E-state index >= 15 is 0 Å². The predicted octanol–water partition coefficient (Wildman–Crippen LogP) is 1.55. The number of aromatic nitrogens is 2. The van der Waals surface area contributed by atoms with Gasteiger partial charge in [-0.25, -0.2) is 4.98 Å². The molecule has 2 aromatic rings. The van der Waals surface area contributed by atoms with Gasteiger partial charge < -0.3 is 26.4 Å². The molecule has 134 valence electrons. The monoisotopic (exact) mass is 384 g/mol. The van der Waals surface area contributed by atoms with Gasteiger partial charge in [-0.1, -0.05) is 35.3 Å². The van der Waals surface area contributed by atoms with Crippen LogP contribution in [0.3, 0.4) is 0 Å². The van der Waals surface area contributed by atoms with Crippen molar-refractivity contribution in [2.24, 2.45) is 5.92 Å². The Kier molecular flexibility index (Phi) is 5.31. The molecule has 0 aliphatic heterocycles. The van der Waals surface area contributed by atoms with Crippen LogP contribution in [0.5, 0.6) is 0 Å². The van der Waals surface area contributed by atoms with Crippen molar-refractivity contribution in [3.8, 4) is 11.1 Å². The molecule has 25 heavy (non-hydrogen) atoms. The highest BCUT2D eigenvalue weighted by molar-refractivity contribution is 6.33. The van der Waals surface area contributed by atoms with E-state index in [4.69, 9.17) is 28.9 Å². The summed E-state index contributed by atoms with van der Waals surface area (Å²) >= 11 is 12.2. The van der Waals surface area contributed by atoms with E-state index in [0.717, 1.165) is 5.56 Å². The molecular weight excluding hydrogens is 367 g/mol. The highest BCUT2D eigenvalue weighted by Gasteiger charge is 2.41. The summed E-state index contributed by atoms with van der Waals surface area (Å²) in [4.78, 5) is 8.17. The molecule has 1 fully saturated rings. The lowest BCUT2D eigenvalue weighted by atomic mass is 10.1. The fourth-order valence-corrected chi connectivity index (χ4v) is 3.46. The van der Waals surface area contributed by atoms with Crippen molar-refractivity contribution in [1.29, 1.82) is 0 Å². The highest BCUT2D eigenvalue weighted by atomic mass is 35.5. The van der Waals surface area contributed by atoms with Crippen molar-refractivity contribution in [3.05, 3.63) is 34.4 Å². The average molecular weight is 385 g/mol. The number of aliphatic hydroxyl groups excluding tert-OH is 3. The first-order valence-electron chi connectivity index (χ1n) is 7.73. The molecule has 7 nitrogen and oxygen atoms in total. The molecular formula is C16H18Cl2N4O3. The zero-order valence-electron chi connectivity index (χ0n) is 13.1. The molecule has 1 aromatic carbocycles. The molecule has 0 saturated heterocycles. The summed E-state index contributed by atoms with van der Waals surface area (Å²) in [5, 5.41) is 33.3. The van der Waals surface area contributed by atoms with Crippen LogP contribution in [0.2, 0.25) is 10.2 Å². The lowest BCUT2D eigenvalue weighted by molar-refractivity contribution is 0.00446. The summed E-state index contributed by atoms with van der Waals surface area (Å²) in [5.41, 5.74) is 6.94. The van der Waals surface area contributed by atoms with Crippen LogP contribution in [-0.4, -0.2) is 50.1 Å². The maximum absolute atomic E-state index is 10.2. The molecule has 0 bridgehead atoms. The Balaban J connectivity index is 1.97. The normalized spacial score (nSPS) is 26.0. The molecule has 4 atom stereocenters. The van der Waals surface area contributed by atoms with E-state index in [9.17, 15) is 15.3 Å². The Morgan fingerprint density at radius 1 is 1.12 bits per heavy atom. The summed E-state index contributed by atoms with van der Waals surface area (Å²) in [6.45, 7) is -0.215. The van der Waals surface area contributed by atoms with Crippen LogP contribution in [0.15, 0.2) is 24.3 Å². The maximum Gasteiger partial charge on any atom is 0.223 e. The Bertz CT molecular complexity index is 760. The van der Waals surface area contributed by atoms with E-state index in [-0.39, 0.29) is 17.7 Å². The van der Waals surface area contributed by atoms with Crippen LogP contribution in [0.1, 0.15) is 6.42 Å². The number of aliphatic hydroxyl groups is 3. The summed E-state index contributed by atoms with van der Waals surface area (Å²) in [7, 11) is 0. The van der Waals surface area contributed by atoms with Gasteiger partial charge in [0.1, 0.15) is 17.1 Å². The molecule has 0 radical (unpaired) electrons. The van der Waals surface area contributed by atoms with Crippen LogP contribution < -0.4 is 11.1 Å². The van der Waals surface area contributed by atoms with Gasteiger partial charge in [-0.2, -0.15) is 4.98 Å². The fraction of sp³-hybridized carbons (Fsp3) is 0.375. The maximum atomic E-state index is 10.2. The summed E-state index contributed by atoms with van der Waals surface area (Å²) in [5.74, 6) is -0.0900. The first-order chi connectivity index (χ1) is 11.9. The van der Waals surface area contributed by atoms with Crippen molar-refractivity contribution >= 4 is 35.0 Å². The molecule has 1 aliphatic carbocycles. The van der Waals surface area contributed by atoms with Crippen molar-refractivity contribution in [2.75, 3.05) is 17.7 Å². The molecule has 1 aromatic heterocycles. The van der Waals surface area contributed by atoms with Crippen molar-refractivity contribution in [3.63, 3.8) is 0 Å². The van der Waals surface area contributed by atoms with Crippen LogP contribution in [0.4, 0.5) is 11.8 Å². The van der Waals surface area contributed by atoms with Gasteiger partial charge in [0.15, 0.2) is 0 Å². The first kappa shape index (κ1) is 18.2. The third-order valence-electron chi connectivity index (χ3n) is 4.37. The van der Waals surface area contributed by atoms with Gasteiger partial charge >= 0.3 is 0 Å². The second kappa shape index (κ2) is 7.31. The predicted molar refractivity (Wildman–Crippen MR) is 96.5 cm³/mol. The van der Waals surface area contributed by atoms with Crippen LogP contribution in [0, 0.1) is 5.92 Å². The smallest absolute Gasteiger partial charge is 0.223 e. The lowest BCUT2D eigenvalue weighted by Crippen LogP contribution is -2.35. The van der Waals surface area contributed by atoms with E-state index in [1.54, 1.807) is 24.3 Å². The number of anilines is 2. The number of hydrogen-bond acceptors (Lipinski definition) is 7. The molecule has 9 heteroatoms. The zero-order chi connectivity index (χ0) is 18.1. The van der Waals surface area contributed by atoms with Gasteiger partial charge in [0, 0.05) is 17.5 Å². The molecule has 3 rings (SSSR count). The summed E-state index contributed by atoms with van der Waals surface area (Å²) < 4.78 is 0. The molecule has 1 aliphatic rings. The van der Waals surface area contributed by atoms with Crippen LogP contribution in [-0.2, 0) is 0 Å². The number of nitrogens with zero attached hydrogens (tertiary/aromatic N) is 2. The largest absolute Gasteiger partial charge is 0.396 e. The van der Waals surface area contributed by atoms with Gasteiger partial charge in [-0.05, 0) is 24.1 Å². The third-order valence-corrected chi connectivity index (χ3v) is 4.90. The Hall–Kier alpha value is -1.64. The van der Waals surface area contributed by atoms with Gasteiger partial charge in [-0.3, -0.25) is 0 Å². The average Bonchev–Trinajstić information content (AvgIpc) is 2.84. The quantitative estimate of drug-likeness (QED) is 0.506. The van der Waals surface area contributed by atoms with E-state index in [1.807, 2.05) is 0 Å². The Labute approximate surface area is 154 Å². The van der Waals surface area contributed by atoms with Crippen molar-refractivity contribution in [1.82, 2.24) is 9.97 Å². The summed E-state index contributed by atoms with van der Waals surface area (Å²) in [6.07, 6.45) is -1.69. The number of benzene rings is 1. The minimum atomic E-state index is -1.05. The molecule has 0 spiro atoms. The minimum Gasteiger partial charge on any atom is -0.396 e. The number of nitrogen functional groups attached to an aromatic ring is 1. The number of nitrogens with two attached hydrogens (primary N) is 1. The number of rotatable bonds is 4. The molecule has 0 amide bonds. The van der Waals surface area contributed by atoms with Gasteiger partial charge in [-0.15, -0.1) is 0 Å². The standard InChI is InChI=1S/C16H18Cl2N4O3/c17-9-3-1-7(2-4-9)11-14(18)21-16(19)22-15(11)20-10-5-8(6-23)12(24)13(10)25/h1-4,8,10,12-13,23-25H,5-6H2,(H3,19,20,21,22)/t8-,10-,12-,13+/m1/s1. The van der Waals surface area contributed by atoms with E-state index in [1.165, 1.54) is 0 Å². The van der Waals surface area contributed by atoms with Crippen LogP contribution >= 0.6 is 23.2 Å². The minimum absolute atomic E-state index is 0.0167. The third kappa shape index (κ3) is 3.65. The number of hydrogen-bond donors (Lipinski definition) is 5. The van der Waals surface area contributed by atoms with E-state index in [2.05, 4.69) is 15.3 Å². The first-order valence-corrected chi connectivity index (χ1v) is 8.48. The molecule has 6 N–H and O–H groups in total. The van der Waals surface area contributed by atoms with Crippen LogP contribution in [0.25, 0.3) is 11.1 Å². The Morgan fingerprint density at radius 2 is 1.80 bits per heavy atom. The summed E-state index contributed by atoms with van der Waals surface area (Å²) in [6, 6.07) is 6.45. The second-order valence-corrected chi connectivity index (χ2v) is 6.81. The van der Waals surface area contributed by atoms with Gasteiger partial charge in [0.2, 0.25) is 5.95 Å². The Morgan fingerprint density at radius 3 is 2.40 bits per heavy atom. The second-order valence-electron chi connectivity index (χ2n) is 6.01. The number of halogens is 2. The fourth-order valence-electron chi connectivity index (χ4n) is 3.05. The lowest BCUT2D eigenvalue weighted by Gasteiger charge is -2.21. The topological polar surface area (TPSA) is 125 Å². The SMILES string of the molecule is Nc1nc(Cl)c(-c2ccc(Cl)cc2)c(N[C@@H]2C[C@H](CO)[C@@H](O)[C@H]2O)n1. The molecule has 1 saturated carbocycles. The van der Waals surface area contributed by atoms with Crippen molar-refractivity contribution < 1.29 is 15.3 Å². The zero-order valence-corrected chi connectivity index (χ0v) is 14.6. The molecule has 0 unspecified atom stereocenters. The van der Waals surface area contributed by atoms with E-state index in [0.29, 0.717) is 22.8 Å². The van der Waals surface area contributed by atoms with Gasteiger partial charge in [0.25, 0.3) is 0 Å². The van der Waals surface area contributed by atoms with Crippen molar-refractivity contribution in [2.45, 2.75) is 24.7 Å². The van der Waals surface area contributed by atoms with E-state index < -0.39 is 24.2 Å². The van der Waals surface area contributed by atoms with Gasteiger partial charge in [0.05, 0.1) is 17.7 Å². The highest BCUT2D eigenvalue weighted by Crippen LogP contribution is 2.36.